The number of aryl methyl sites for hydroxylation is 3. The standard InChI is InChI=1S/C29H35N3O6S2/c1-22-6-10-28(11-7-22)40(36,37)32(25-19-23(2)18-24(3)20-25)21-29(33)30-14-17-38-26-8-12-27(13-9-26)39(34,35)31-15-4-5-16-31/h6-13,18-20H,4-5,14-17,21H2,1-3H3,(H,30,33). The molecule has 9 nitrogen and oxygen atoms in total. The number of amides is 1. The van der Waals surface area contributed by atoms with Crippen molar-refractivity contribution < 1.29 is 26.4 Å². The van der Waals surface area contributed by atoms with Gasteiger partial charge in [-0.25, -0.2) is 16.8 Å². The molecule has 3 aromatic rings. The lowest BCUT2D eigenvalue weighted by Crippen LogP contribution is -2.42. The Bertz CT molecular complexity index is 1530. The van der Waals surface area contributed by atoms with Crippen molar-refractivity contribution in [2.75, 3.05) is 37.1 Å². The first kappa shape index (κ1) is 29.6. The Morgan fingerprint density at radius 1 is 0.825 bits per heavy atom. The van der Waals surface area contributed by atoms with Gasteiger partial charge in [0.2, 0.25) is 15.9 Å². The molecule has 0 spiro atoms. The van der Waals surface area contributed by atoms with E-state index in [1.807, 2.05) is 26.8 Å². The van der Waals surface area contributed by atoms with Crippen LogP contribution in [0.2, 0.25) is 0 Å². The van der Waals surface area contributed by atoms with Gasteiger partial charge in [0.15, 0.2) is 0 Å². The summed E-state index contributed by atoms with van der Waals surface area (Å²) in [7, 11) is -7.51. The molecule has 3 aromatic carbocycles. The Kier molecular flexibility index (Phi) is 9.17. The normalized spacial score (nSPS) is 14.2. The SMILES string of the molecule is Cc1ccc(S(=O)(=O)N(CC(=O)NCCOc2ccc(S(=O)(=O)N3CCCC3)cc2)c2cc(C)cc(C)c2)cc1. The van der Waals surface area contributed by atoms with Crippen LogP contribution < -0.4 is 14.4 Å². The molecule has 0 saturated carbocycles. The van der Waals surface area contributed by atoms with Crippen LogP contribution in [0.15, 0.2) is 76.5 Å². The number of rotatable bonds is 11. The maximum atomic E-state index is 13.6. The van der Waals surface area contributed by atoms with Crippen LogP contribution >= 0.6 is 0 Å². The fourth-order valence-electron chi connectivity index (χ4n) is 4.58. The maximum absolute atomic E-state index is 13.6. The minimum absolute atomic E-state index is 0.101. The zero-order valence-corrected chi connectivity index (χ0v) is 24.6. The number of sulfonamides is 2. The van der Waals surface area contributed by atoms with Gasteiger partial charge in [0, 0.05) is 13.1 Å². The summed E-state index contributed by atoms with van der Waals surface area (Å²) in [5, 5.41) is 2.72. The lowest BCUT2D eigenvalue weighted by atomic mass is 10.1. The molecule has 11 heteroatoms. The molecule has 1 aliphatic rings. The molecular formula is C29H35N3O6S2. The highest BCUT2D eigenvalue weighted by Crippen LogP contribution is 2.26. The number of ether oxygens (including phenoxy) is 1. The number of carbonyl (C=O) groups is 1. The summed E-state index contributed by atoms with van der Waals surface area (Å²) in [5.74, 6) is -0.0149. The van der Waals surface area contributed by atoms with E-state index in [1.54, 1.807) is 36.4 Å². The first-order valence-corrected chi connectivity index (χ1v) is 16.0. The predicted octanol–water partition coefficient (Wildman–Crippen LogP) is 3.79. The Balaban J connectivity index is 1.38. The first-order valence-electron chi connectivity index (χ1n) is 13.1. The molecule has 0 radical (unpaired) electrons. The van der Waals surface area contributed by atoms with Gasteiger partial charge in [0.05, 0.1) is 22.0 Å². The quantitative estimate of drug-likeness (QED) is 0.343. The molecule has 40 heavy (non-hydrogen) atoms. The minimum Gasteiger partial charge on any atom is -0.492 e. The smallest absolute Gasteiger partial charge is 0.264 e. The number of hydrogen-bond donors (Lipinski definition) is 1. The molecule has 4 rings (SSSR count). The van der Waals surface area contributed by atoms with Crippen molar-refractivity contribution in [3.05, 3.63) is 83.4 Å². The van der Waals surface area contributed by atoms with E-state index in [4.69, 9.17) is 4.74 Å². The van der Waals surface area contributed by atoms with Gasteiger partial charge >= 0.3 is 0 Å². The monoisotopic (exact) mass is 585 g/mol. The lowest BCUT2D eigenvalue weighted by molar-refractivity contribution is -0.119. The van der Waals surface area contributed by atoms with Crippen LogP contribution in [0.1, 0.15) is 29.5 Å². The summed E-state index contributed by atoms with van der Waals surface area (Å²) in [5.41, 5.74) is 3.10. The van der Waals surface area contributed by atoms with E-state index in [9.17, 15) is 21.6 Å². The third kappa shape index (κ3) is 7.01. The highest BCUT2D eigenvalue weighted by Gasteiger charge is 2.28. The summed E-state index contributed by atoms with van der Waals surface area (Å²) in [4.78, 5) is 13.2. The molecule has 214 valence electrons. The van der Waals surface area contributed by atoms with Gasteiger partial charge in [-0.2, -0.15) is 4.31 Å². The molecule has 1 amide bonds. The van der Waals surface area contributed by atoms with E-state index in [1.165, 1.54) is 28.6 Å². The van der Waals surface area contributed by atoms with Gasteiger partial charge in [-0.15, -0.1) is 0 Å². The molecule has 0 bridgehead atoms. The second-order valence-corrected chi connectivity index (χ2v) is 13.8. The number of benzene rings is 3. The summed E-state index contributed by atoms with van der Waals surface area (Å²) < 4.78 is 60.8. The average Bonchev–Trinajstić information content (AvgIpc) is 3.46. The van der Waals surface area contributed by atoms with Gasteiger partial charge in [0.1, 0.15) is 18.9 Å². The van der Waals surface area contributed by atoms with Crippen molar-refractivity contribution in [3.63, 3.8) is 0 Å². The van der Waals surface area contributed by atoms with Crippen molar-refractivity contribution in [2.24, 2.45) is 0 Å². The van der Waals surface area contributed by atoms with Gasteiger partial charge in [-0.1, -0.05) is 23.8 Å². The lowest BCUT2D eigenvalue weighted by Gasteiger charge is -2.25. The van der Waals surface area contributed by atoms with E-state index in [2.05, 4.69) is 5.32 Å². The molecule has 0 atom stereocenters. The topological polar surface area (TPSA) is 113 Å². The number of anilines is 1. The number of nitrogens with zero attached hydrogens (tertiary/aromatic N) is 2. The second kappa shape index (κ2) is 12.4. The largest absolute Gasteiger partial charge is 0.492 e. The van der Waals surface area contributed by atoms with Crippen molar-refractivity contribution in [1.82, 2.24) is 9.62 Å². The molecule has 1 aliphatic heterocycles. The third-order valence-corrected chi connectivity index (χ3v) is 10.3. The average molecular weight is 586 g/mol. The summed E-state index contributed by atoms with van der Waals surface area (Å²) >= 11 is 0. The Hall–Kier alpha value is -3.41. The Labute approximate surface area is 236 Å². The number of hydrogen-bond acceptors (Lipinski definition) is 6. The van der Waals surface area contributed by atoms with Gasteiger partial charge < -0.3 is 10.1 Å². The maximum Gasteiger partial charge on any atom is 0.264 e. The molecular weight excluding hydrogens is 550 g/mol. The number of nitrogens with one attached hydrogen (secondary N) is 1. The minimum atomic E-state index is -4.01. The third-order valence-electron chi connectivity index (χ3n) is 6.61. The molecule has 1 saturated heterocycles. The zero-order valence-electron chi connectivity index (χ0n) is 23.0. The van der Waals surface area contributed by atoms with E-state index in [-0.39, 0.29) is 22.9 Å². The van der Waals surface area contributed by atoms with Crippen LogP contribution in [0.25, 0.3) is 0 Å². The number of carbonyl (C=O) groups excluding carboxylic acids is 1. The first-order chi connectivity index (χ1) is 19.0. The van der Waals surface area contributed by atoms with Crippen LogP contribution in [0, 0.1) is 20.8 Å². The van der Waals surface area contributed by atoms with Crippen LogP contribution in [0.5, 0.6) is 5.75 Å². The summed E-state index contributed by atoms with van der Waals surface area (Å²) in [6, 6.07) is 18.1. The van der Waals surface area contributed by atoms with E-state index in [0.717, 1.165) is 33.8 Å². The molecule has 1 heterocycles. The highest BCUT2D eigenvalue weighted by atomic mass is 32.2. The molecule has 0 unspecified atom stereocenters. The van der Waals surface area contributed by atoms with Crippen molar-refractivity contribution >= 4 is 31.6 Å². The molecule has 0 aliphatic carbocycles. The van der Waals surface area contributed by atoms with Gasteiger partial charge in [-0.05, 0) is 93.3 Å². The molecule has 1 N–H and O–H groups in total. The van der Waals surface area contributed by atoms with E-state index >= 15 is 0 Å². The summed E-state index contributed by atoms with van der Waals surface area (Å²) in [6.07, 6.45) is 1.73. The molecule has 1 fully saturated rings. The molecule has 0 aromatic heterocycles. The zero-order chi connectivity index (χ0) is 28.9. The van der Waals surface area contributed by atoms with Gasteiger partial charge in [-0.3, -0.25) is 9.10 Å². The van der Waals surface area contributed by atoms with Crippen LogP contribution in [0.4, 0.5) is 5.69 Å². The van der Waals surface area contributed by atoms with Gasteiger partial charge in [0.25, 0.3) is 10.0 Å². The highest BCUT2D eigenvalue weighted by molar-refractivity contribution is 7.92. The Morgan fingerprint density at radius 3 is 2.00 bits per heavy atom. The van der Waals surface area contributed by atoms with Crippen LogP contribution in [-0.2, 0) is 24.8 Å². The summed E-state index contributed by atoms with van der Waals surface area (Å²) in [6.45, 7) is 6.55. The van der Waals surface area contributed by atoms with E-state index < -0.39 is 32.5 Å². The fraction of sp³-hybridized carbons (Fsp3) is 0.345. The second-order valence-electron chi connectivity index (χ2n) is 9.95. The predicted molar refractivity (Wildman–Crippen MR) is 155 cm³/mol. The van der Waals surface area contributed by atoms with Crippen molar-refractivity contribution in [3.8, 4) is 5.75 Å². The van der Waals surface area contributed by atoms with E-state index in [0.29, 0.717) is 24.5 Å². The van der Waals surface area contributed by atoms with Crippen molar-refractivity contribution in [2.45, 2.75) is 43.4 Å². The van der Waals surface area contributed by atoms with Crippen LogP contribution in [0.3, 0.4) is 0 Å². The van der Waals surface area contributed by atoms with Crippen LogP contribution in [-0.4, -0.2) is 59.8 Å². The van der Waals surface area contributed by atoms with Crippen molar-refractivity contribution in [1.29, 1.82) is 0 Å². The fourth-order valence-corrected chi connectivity index (χ4v) is 7.50. The Morgan fingerprint density at radius 2 is 1.40 bits per heavy atom.